The summed E-state index contributed by atoms with van der Waals surface area (Å²) in [6.07, 6.45) is 1.53. The van der Waals surface area contributed by atoms with Crippen LogP contribution in [0.15, 0.2) is 23.1 Å². The van der Waals surface area contributed by atoms with Gasteiger partial charge in [-0.3, -0.25) is 14.4 Å². The van der Waals surface area contributed by atoms with Crippen molar-refractivity contribution in [2.45, 2.75) is 6.54 Å². The number of amides is 2. The molecule has 0 aromatic carbocycles. The number of piperazine rings is 1. The molecule has 1 fully saturated rings. The predicted molar refractivity (Wildman–Crippen MR) is 69.3 cm³/mol. The monoisotopic (exact) mass is 264 g/mol. The predicted octanol–water partition coefficient (Wildman–Crippen LogP) is -1.27. The second kappa shape index (κ2) is 5.13. The van der Waals surface area contributed by atoms with Gasteiger partial charge in [0.05, 0.1) is 0 Å². The summed E-state index contributed by atoms with van der Waals surface area (Å²) in [6.45, 7) is 1.64. The largest absolute Gasteiger partial charge is 0.398 e. The standard InChI is InChI=1S/C12H16N4O3/c1-14-4-5-15(12(19)11(14)18)6-7-16-8-9(13)2-3-10(16)17/h2-3,8H,4-7,13H2,1H3. The molecule has 1 aliphatic rings. The minimum atomic E-state index is -0.522. The number of carbonyl (C=O) groups excluding carboxylic acids is 2. The van der Waals surface area contributed by atoms with Crippen LogP contribution < -0.4 is 11.3 Å². The molecule has 2 N–H and O–H groups in total. The molecule has 1 aromatic rings. The molecule has 2 amide bonds. The zero-order chi connectivity index (χ0) is 14.0. The summed E-state index contributed by atoms with van der Waals surface area (Å²) in [5.74, 6) is -1.03. The second-order valence-electron chi connectivity index (χ2n) is 4.51. The van der Waals surface area contributed by atoms with Gasteiger partial charge < -0.3 is 20.1 Å². The minimum Gasteiger partial charge on any atom is -0.398 e. The average molecular weight is 264 g/mol. The van der Waals surface area contributed by atoms with Crippen LogP contribution in [0.25, 0.3) is 0 Å². The summed E-state index contributed by atoms with van der Waals surface area (Å²) < 4.78 is 1.44. The van der Waals surface area contributed by atoms with E-state index in [1.54, 1.807) is 7.05 Å². The highest BCUT2D eigenvalue weighted by molar-refractivity contribution is 6.35. The van der Waals surface area contributed by atoms with Crippen LogP contribution in [0.5, 0.6) is 0 Å². The number of hydrogen-bond donors (Lipinski definition) is 1. The van der Waals surface area contributed by atoms with Crippen molar-refractivity contribution in [3.63, 3.8) is 0 Å². The van der Waals surface area contributed by atoms with Gasteiger partial charge in [0, 0.05) is 51.2 Å². The maximum atomic E-state index is 11.7. The van der Waals surface area contributed by atoms with E-state index < -0.39 is 11.8 Å². The van der Waals surface area contributed by atoms with Gasteiger partial charge in [-0.25, -0.2) is 0 Å². The van der Waals surface area contributed by atoms with E-state index in [0.717, 1.165) is 0 Å². The summed E-state index contributed by atoms with van der Waals surface area (Å²) in [4.78, 5) is 37.7. The fourth-order valence-corrected chi connectivity index (χ4v) is 1.94. The van der Waals surface area contributed by atoms with Crippen molar-refractivity contribution >= 4 is 17.5 Å². The number of nitrogen functional groups attached to an aromatic ring is 1. The van der Waals surface area contributed by atoms with E-state index in [4.69, 9.17) is 5.73 Å². The van der Waals surface area contributed by atoms with E-state index in [0.29, 0.717) is 31.9 Å². The maximum Gasteiger partial charge on any atom is 0.312 e. The topological polar surface area (TPSA) is 88.6 Å². The van der Waals surface area contributed by atoms with Gasteiger partial charge in [-0.2, -0.15) is 0 Å². The van der Waals surface area contributed by atoms with Gasteiger partial charge in [-0.15, -0.1) is 0 Å². The van der Waals surface area contributed by atoms with Crippen molar-refractivity contribution in [3.8, 4) is 0 Å². The number of pyridine rings is 1. The van der Waals surface area contributed by atoms with E-state index >= 15 is 0 Å². The Balaban J connectivity index is 2.03. The highest BCUT2D eigenvalue weighted by Crippen LogP contribution is 2.03. The summed E-state index contributed by atoms with van der Waals surface area (Å²) in [5.41, 5.74) is 5.91. The molecule has 2 rings (SSSR count). The first-order valence-electron chi connectivity index (χ1n) is 5.99. The van der Waals surface area contributed by atoms with Gasteiger partial charge in [-0.1, -0.05) is 0 Å². The summed E-state index contributed by atoms with van der Waals surface area (Å²) in [5, 5.41) is 0. The Hall–Kier alpha value is -2.31. The van der Waals surface area contributed by atoms with Gasteiger partial charge in [0.2, 0.25) is 0 Å². The summed E-state index contributed by atoms with van der Waals surface area (Å²) in [6, 6.07) is 2.91. The lowest BCUT2D eigenvalue weighted by Crippen LogP contribution is -2.53. The van der Waals surface area contributed by atoms with Crippen LogP contribution in [0.2, 0.25) is 0 Å². The molecular formula is C12H16N4O3. The normalized spacial score (nSPS) is 16.1. The fourth-order valence-electron chi connectivity index (χ4n) is 1.94. The van der Waals surface area contributed by atoms with Crippen molar-refractivity contribution in [2.24, 2.45) is 0 Å². The molecule has 2 heterocycles. The van der Waals surface area contributed by atoms with Gasteiger partial charge in [-0.05, 0) is 6.07 Å². The molecular weight excluding hydrogens is 248 g/mol. The van der Waals surface area contributed by atoms with Crippen LogP contribution >= 0.6 is 0 Å². The lowest BCUT2D eigenvalue weighted by Gasteiger charge is -2.31. The molecule has 1 saturated heterocycles. The van der Waals surface area contributed by atoms with Crippen molar-refractivity contribution in [1.82, 2.24) is 14.4 Å². The highest BCUT2D eigenvalue weighted by Gasteiger charge is 2.29. The molecule has 19 heavy (non-hydrogen) atoms. The van der Waals surface area contributed by atoms with Crippen LogP contribution in [0.4, 0.5) is 5.69 Å². The molecule has 0 spiro atoms. The SMILES string of the molecule is CN1CCN(CCn2cc(N)ccc2=O)C(=O)C1=O. The molecule has 1 aliphatic heterocycles. The van der Waals surface area contributed by atoms with E-state index in [2.05, 4.69) is 0 Å². The van der Waals surface area contributed by atoms with E-state index in [1.807, 2.05) is 0 Å². The van der Waals surface area contributed by atoms with Crippen LogP contribution in [-0.2, 0) is 16.1 Å². The third-order valence-corrected chi connectivity index (χ3v) is 3.14. The van der Waals surface area contributed by atoms with Crippen LogP contribution in [0.3, 0.4) is 0 Å². The van der Waals surface area contributed by atoms with E-state index in [1.165, 1.54) is 32.7 Å². The first kappa shape index (κ1) is 13.1. The second-order valence-corrected chi connectivity index (χ2v) is 4.51. The number of rotatable bonds is 3. The molecule has 0 atom stereocenters. The third-order valence-electron chi connectivity index (χ3n) is 3.14. The molecule has 7 nitrogen and oxygen atoms in total. The van der Waals surface area contributed by atoms with Crippen molar-refractivity contribution in [1.29, 1.82) is 0 Å². The summed E-state index contributed by atoms with van der Waals surface area (Å²) in [7, 11) is 1.60. The first-order valence-corrected chi connectivity index (χ1v) is 5.99. The third kappa shape index (κ3) is 2.75. The van der Waals surface area contributed by atoms with Crippen LogP contribution in [0.1, 0.15) is 0 Å². The number of carbonyl (C=O) groups is 2. The van der Waals surface area contributed by atoms with Crippen molar-refractivity contribution in [3.05, 3.63) is 28.7 Å². The Kier molecular flexibility index (Phi) is 3.55. The number of aromatic nitrogens is 1. The quantitative estimate of drug-likeness (QED) is 0.689. The van der Waals surface area contributed by atoms with E-state index in [-0.39, 0.29) is 5.56 Å². The zero-order valence-electron chi connectivity index (χ0n) is 10.7. The van der Waals surface area contributed by atoms with Gasteiger partial charge >= 0.3 is 11.8 Å². The first-order chi connectivity index (χ1) is 8.99. The Labute approximate surface area is 110 Å². The van der Waals surface area contributed by atoms with Crippen LogP contribution in [-0.4, -0.2) is 52.9 Å². The molecule has 0 radical (unpaired) electrons. The lowest BCUT2D eigenvalue weighted by atomic mass is 10.3. The molecule has 0 saturated carbocycles. The average Bonchev–Trinajstić information content (AvgIpc) is 2.39. The smallest absolute Gasteiger partial charge is 0.312 e. The number of hydrogen-bond acceptors (Lipinski definition) is 4. The minimum absolute atomic E-state index is 0.179. The number of nitrogens with two attached hydrogens (primary N) is 1. The fraction of sp³-hybridized carbons (Fsp3) is 0.417. The molecule has 0 unspecified atom stereocenters. The van der Waals surface area contributed by atoms with E-state index in [9.17, 15) is 14.4 Å². The Morgan fingerprint density at radius 1 is 1.11 bits per heavy atom. The molecule has 102 valence electrons. The van der Waals surface area contributed by atoms with Gasteiger partial charge in [0.15, 0.2) is 0 Å². The Morgan fingerprint density at radius 3 is 2.58 bits per heavy atom. The lowest BCUT2D eigenvalue weighted by molar-refractivity contribution is -0.155. The number of nitrogens with zero attached hydrogens (tertiary/aromatic N) is 3. The summed E-state index contributed by atoms with van der Waals surface area (Å²) >= 11 is 0. The van der Waals surface area contributed by atoms with Gasteiger partial charge in [0.25, 0.3) is 5.56 Å². The Bertz CT molecular complexity index is 566. The molecule has 7 heteroatoms. The number of anilines is 1. The van der Waals surface area contributed by atoms with Crippen molar-refractivity contribution < 1.29 is 9.59 Å². The molecule has 1 aromatic heterocycles. The van der Waals surface area contributed by atoms with Crippen LogP contribution in [0, 0.1) is 0 Å². The van der Waals surface area contributed by atoms with Crippen molar-refractivity contribution in [2.75, 3.05) is 32.4 Å². The molecule has 0 aliphatic carbocycles. The zero-order valence-corrected chi connectivity index (χ0v) is 10.7. The van der Waals surface area contributed by atoms with Gasteiger partial charge in [0.1, 0.15) is 0 Å². The maximum absolute atomic E-state index is 11.7. The molecule has 0 bridgehead atoms. The number of likely N-dealkylation sites (N-methyl/N-ethyl adjacent to an activating group) is 1. The Morgan fingerprint density at radius 2 is 1.84 bits per heavy atom. The highest BCUT2D eigenvalue weighted by atomic mass is 16.2.